The van der Waals surface area contributed by atoms with Gasteiger partial charge in [-0.05, 0) is 48.4 Å². The lowest BCUT2D eigenvalue weighted by molar-refractivity contribution is -0.0836. The summed E-state index contributed by atoms with van der Waals surface area (Å²) in [4.78, 5) is 6.64. The molecule has 29 heavy (non-hydrogen) atoms. The fourth-order valence-corrected chi connectivity index (χ4v) is 4.14. The number of nitrogens with one attached hydrogen (secondary N) is 1. The molecule has 1 N–H and O–H groups in total. The highest BCUT2D eigenvalue weighted by Crippen LogP contribution is 2.34. The van der Waals surface area contributed by atoms with Gasteiger partial charge < -0.3 is 24.4 Å². The second kappa shape index (κ2) is 10.2. The molecule has 1 aliphatic heterocycles. The van der Waals surface area contributed by atoms with Crippen LogP contribution < -0.4 is 14.8 Å². The highest BCUT2D eigenvalue weighted by Gasteiger charge is 2.35. The zero-order valence-corrected chi connectivity index (χ0v) is 19.5. The number of aliphatic imine (C=N–C) groups is 1. The van der Waals surface area contributed by atoms with Crippen LogP contribution in [0.25, 0.3) is 0 Å². The SMILES string of the molecule is CN=C(NCC1CCCOC1C(C)(C)C)N(C)Cc1cc(OC)c(OC)cc1C. The van der Waals surface area contributed by atoms with Gasteiger partial charge in [0.15, 0.2) is 17.5 Å². The molecule has 0 saturated carbocycles. The lowest BCUT2D eigenvalue weighted by Crippen LogP contribution is -2.47. The van der Waals surface area contributed by atoms with E-state index < -0.39 is 0 Å². The van der Waals surface area contributed by atoms with E-state index in [4.69, 9.17) is 14.2 Å². The summed E-state index contributed by atoms with van der Waals surface area (Å²) in [6.07, 6.45) is 2.57. The van der Waals surface area contributed by atoms with Crippen LogP contribution in [0.5, 0.6) is 11.5 Å². The first-order valence-corrected chi connectivity index (χ1v) is 10.5. The average molecular weight is 406 g/mol. The van der Waals surface area contributed by atoms with Gasteiger partial charge in [0, 0.05) is 39.7 Å². The molecule has 1 aromatic rings. The van der Waals surface area contributed by atoms with Gasteiger partial charge in [0.05, 0.1) is 20.3 Å². The predicted octanol–water partition coefficient (Wildman–Crippen LogP) is 3.86. The molecular weight excluding hydrogens is 366 g/mol. The molecule has 2 atom stereocenters. The molecule has 1 fully saturated rings. The molecule has 164 valence electrons. The van der Waals surface area contributed by atoms with Gasteiger partial charge in [-0.2, -0.15) is 0 Å². The number of aryl methyl sites for hydroxylation is 1. The number of methoxy groups -OCH3 is 2. The number of benzene rings is 1. The first-order valence-electron chi connectivity index (χ1n) is 10.5. The van der Waals surface area contributed by atoms with E-state index in [-0.39, 0.29) is 11.5 Å². The van der Waals surface area contributed by atoms with E-state index in [2.05, 4.69) is 50.0 Å². The monoisotopic (exact) mass is 405 g/mol. The number of guanidine groups is 1. The van der Waals surface area contributed by atoms with Crippen molar-refractivity contribution in [2.24, 2.45) is 16.3 Å². The molecule has 2 unspecified atom stereocenters. The zero-order chi connectivity index (χ0) is 21.6. The molecule has 0 aliphatic carbocycles. The Morgan fingerprint density at radius 2 is 1.90 bits per heavy atom. The molecule has 1 aromatic carbocycles. The van der Waals surface area contributed by atoms with E-state index in [1.807, 2.05) is 19.2 Å². The van der Waals surface area contributed by atoms with E-state index in [1.54, 1.807) is 14.2 Å². The second-order valence-corrected chi connectivity index (χ2v) is 8.98. The van der Waals surface area contributed by atoms with Crippen molar-refractivity contribution in [2.75, 3.05) is 41.5 Å². The molecule has 0 bridgehead atoms. The van der Waals surface area contributed by atoms with Gasteiger partial charge in [0.1, 0.15) is 0 Å². The summed E-state index contributed by atoms with van der Waals surface area (Å²) in [6.45, 7) is 11.3. The molecule has 0 amide bonds. The van der Waals surface area contributed by atoms with E-state index in [0.717, 1.165) is 43.6 Å². The van der Waals surface area contributed by atoms with E-state index in [9.17, 15) is 0 Å². The molecular formula is C23H39N3O3. The van der Waals surface area contributed by atoms with Crippen LogP contribution in [0.4, 0.5) is 0 Å². The molecule has 0 aromatic heterocycles. The quantitative estimate of drug-likeness (QED) is 0.575. The van der Waals surface area contributed by atoms with Crippen LogP contribution in [0, 0.1) is 18.3 Å². The molecule has 2 rings (SSSR count). The van der Waals surface area contributed by atoms with Gasteiger partial charge in [-0.3, -0.25) is 4.99 Å². The summed E-state index contributed by atoms with van der Waals surface area (Å²) in [5.41, 5.74) is 2.49. The van der Waals surface area contributed by atoms with Crippen molar-refractivity contribution in [1.29, 1.82) is 0 Å². The molecule has 1 heterocycles. The Balaban J connectivity index is 2.05. The Morgan fingerprint density at radius 1 is 1.24 bits per heavy atom. The molecule has 1 aliphatic rings. The Hall–Kier alpha value is -1.95. The van der Waals surface area contributed by atoms with Crippen LogP contribution in [0.3, 0.4) is 0 Å². The van der Waals surface area contributed by atoms with Gasteiger partial charge in [0.2, 0.25) is 0 Å². The zero-order valence-electron chi connectivity index (χ0n) is 19.5. The molecule has 1 saturated heterocycles. The van der Waals surface area contributed by atoms with Crippen molar-refractivity contribution in [1.82, 2.24) is 10.2 Å². The normalized spacial score (nSPS) is 20.3. The van der Waals surface area contributed by atoms with Crippen LogP contribution in [0.1, 0.15) is 44.7 Å². The standard InChI is InChI=1S/C23H39N3O3/c1-16-12-19(27-7)20(28-8)13-18(16)15-26(6)22(24-5)25-14-17-10-9-11-29-21(17)23(2,3)4/h12-13,17,21H,9-11,14-15H2,1-8H3,(H,24,25). The maximum absolute atomic E-state index is 6.12. The van der Waals surface area contributed by atoms with Crippen molar-refractivity contribution < 1.29 is 14.2 Å². The van der Waals surface area contributed by atoms with Crippen molar-refractivity contribution in [3.05, 3.63) is 23.3 Å². The number of nitrogens with zero attached hydrogens (tertiary/aromatic N) is 2. The van der Waals surface area contributed by atoms with Crippen LogP contribution in [0.2, 0.25) is 0 Å². The Labute approximate surface area is 176 Å². The minimum absolute atomic E-state index is 0.138. The van der Waals surface area contributed by atoms with Gasteiger partial charge in [-0.15, -0.1) is 0 Å². The fourth-order valence-electron chi connectivity index (χ4n) is 4.14. The summed E-state index contributed by atoms with van der Waals surface area (Å²) in [5, 5.41) is 3.57. The molecule has 0 radical (unpaired) electrons. The second-order valence-electron chi connectivity index (χ2n) is 8.98. The lowest BCUT2D eigenvalue weighted by atomic mass is 9.78. The Morgan fingerprint density at radius 3 is 2.48 bits per heavy atom. The third kappa shape index (κ3) is 6.01. The van der Waals surface area contributed by atoms with Crippen molar-refractivity contribution in [3.8, 4) is 11.5 Å². The number of hydrogen-bond acceptors (Lipinski definition) is 4. The van der Waals surface area contributed by atoms with E-state index >= 15 is 0 Å². The van der Waals surface area contributed by atoms with Gasteiger partial charge in [-0.1, -0.05) is 20.8 Å². The maximum Gasteiger partial charge on any atom is 0.193 e. The van der Waals surface area contributed by atoms with Crippen molar-refractivity contribution >= 4 is 5.96 Å². The minimum atomic E-state index is 0.138. The first-order chi connectivity index (χ1) is 13.7. The Bertz CT molecular complexity index is 697. The highest BCUT2D eigenvalue weighted by atomic mass is 16.5. The van der Waals surface area contributed by atoms with Crippen molar-refractivity contribution in [3.63, 3.8) is 0 Å². The third-order valence-electron chi connectivity index (χ3n) is 5.64. The predicted molar refractivity (Wildman–Crippen MR) is 119 cm³/mol. The van der Waals surface area contributed by atoms with Crippen LogP contribution in [0.15, 0.2) is 17.1 Å². The lowest BCUT2D eigenvalue weighted by Gasteiger charge is -2.40. The van der Waals surface area contributed by atoms with Crippen LogP contribution >= 0.6 is 0 Å². The van der Waals surface area contributed by atoms with Gasteiger partial charge >= 0.3 is 0 Å². The summed E-state index contributed by atoms with van der Waals surface area (Å²) < 4.78 is 17.0. The molecule has 6 nitrogen and oxygen atoms in total. The third-order valence-corrected chi connectivity index (χ3v) is 5.64. The van der Waals surface area contributed by atoms with Crippen molar-refractivity contribution in [2.45, 2.75) is 53.2 Å². The molecule has 0 spiro atoms. The van der Waals surface area contributed by atoms with E-state index in [1.165, 1.54) is 17.5 Å². The topological polar surface area (TPSA) is 55.3 Å². The van der Waals surface area contributed by atoms with E-state index in [0.29, 0.717) is 5.92 Å². The largest absolute Gasteiger partial charge is 0.493 e. The first kappa shape index (κ1) is 23.3. The maximum atomic E-state index is 6.12. The number of hydrogen-bond donors (Lipinski definition) is 1. The minimum Gasteiger partial charge on any atom is -0.493 e. The van der Waals surface area contributed by atoms with Crippen LogP contribution in [-0.2, 0) is 11.3 Å². The Kier molecular flexibility index (Phi) is 8.20. The molecule has 6 heteroatoms. The van der Waals surface area contributed by atoms with Crippen LogP contribution in [-0.4, -0.2) is 58.4 Å². The smallest absolute Gasteiger partial charge is 0.193 e. The highest BCUT2D eigenvalue weighted by molar-refractivity contribution is 5.79. The average Bonchev–Trinajstić information content (AvgIpc) is 2.69. The van der Waals surface area contributed by atoms with Gasteiger partial charge in [-0.25, -0.2) is 0 Å². The number of ether oxygens (including phenoxy) is 3. The number of rotatable bonds is 6. The fraction of sp³-hybridized carbons (Fsp3) is 0.696. The van der Waals surface area contributed by atoms with Gasteiger partial charge in [0.25, 0.3) is 0 Å². The summed E-state index contributed by atoms with van der Waals surface area (Å²) in [7, 11) is 7.22. The summed E-state index contributed by atoms with van der Waals surface area (Å²) in [6, 6.07) is 4.06. The summed E-state index contributed by atoms with van der Waals surface area (Å²) in [5.74, 6) is 2.87. The summed E-state index contributed by atoms with van der Waals surface area (Å²) >= 11 is 0.